The van der Waals surface area contributed by atoms with Crippen molar-refractivity contribution >= 4 is 0 Å². The van der Waals surface area contributed by atoms with Crippen molar-refractivity contribution in [1.82, 2.24) is 0 Å². The molecule has 1 rings (SSSR count). The van der Waals surface area contributed by atoms with Crippen molar-refractivity contribution in [3.8, 4) is 11.8 Å². The third kappa shape index (κ3) is 2.86. The number of halogens is 1. The average Bonchev–Trinajstić information content (AvgIpc) is 2.17. The Kier molecular flexibility index (Phi) is 3.27. The average molecular weight is 192 g/mol. The van der Waals surface area contributed by atoms with Gasteiger partial charge in [0.25, 0.3) is 0 Å². The standard InChI is InChI=1S/C12H13FO/c1-3-12(2,14)9-8-10-6-4-5-7-11(10)13/h4-7,14H,3H2,1-2H3. The molecule has 0 aliphatic heterocycles. The summed E-state index contributed by atoms with van der Waals surface area (Å²) < 4.78 is 13.1. The van der Waals surface area contributed by atoms with Crippen LogP contribution in [0.2, 0.25) is 0 Å². The number of rotatable bonds is 1. The Morgan fingerprint density at radius 3 is 2.64 bits per heavy atom. The van der Waals surface area contributed by atoms with E-state index in [9.17, 15) is 9.50 Å². The van der Waals surface area contributed by atoms with Crippen molar-refractivity contribution in [1.29, 1.82) is 0 Å². The molecule has 0 aliphatic rings. The summed E-state index contributed by atoms with van der Waals surface area (Å²) in [6.07, 6.45) is 0.522. The summed E-state index contributed by atoms with van der Waals surface area (Å²) in [4.78, 5) is 0. The Morgan fingerprint density at radius 1 is 1.43 bits per heavy atom. The molecule has 0 fully saturated rings. The van der Waals surface area contributed by atoms with Crippen molar-refractivity contribution in [2.45, 2.75) is 25.9 Å². The zero-order valence-corrected chi connectivity index (χ0v) is 8.34. The maximum Gasteiger partial charge on any atom is 0.138 e. The summed E-state index contributed by atoms with van der Waals surface area (Å²) in [5, 5.41) is 9.58. The summed E-state index contributed by atoms with van der Waals surface area (Å²) in [5.41, 5.74) is -0.719. The molecule has 1 unspecified atom stereocenters. The third-order valence-corrected chi connectivity index (χ3v) is 2.03. The third-order valence-electron chi connectivity index (χ3n) is 2.03. The largest absolute Gasteiger partial charge is 0.378 e. The van der Waals surface area contributed by atoms with Crippen molar-refractivity contribution in [3.63, 3.8) is 0 Å². The molecule has 0 saturated carbocycles. The quantitative estimate of drug-likeness (QED) is 0.677. The van der Waals surface area contributed by atoms with Gasteiger partial charge in [-0.3, -0.25) is 0 Å². The van der Waals surface area contributed by atoms with Gasteiger partial charge >= 0.3 is 0 Å². The second kappa shape index (κ2) is 4.26. The first-order chi connectivity index (χ1) is 6.55. The van der Waals surface area contributed by atoms with Crippen LogP contribution in [0.5, 0.6) is 0 Å². The smallest absolute Gasteiger partial charge is 0.138 e. The Labute approximate surface area is 83.6 Å². The molecule has 0 radical (unpaired) electrons. The molecule has 2 heteroatoms. The van der Waals surface area contributed by atoms with Crippen molar-refractivity contribution < 1.29 is 9.50 Å². The molecule has 0 aromatic heterocycles. The summed E-state index contributed by atoms with van der Waals surface area (Å²) >= 11 is 0. The Bertz CT molecular complexity index is 371. The fourth-order valence-electron chi connectivity index (χ4n) is 0.853. The molecule has 0 amide bonds. The van der Waals surface area contributed by atoms with E-state index < -0.39 is 5.60 Å². The second-order valence-corrected chi connectivity index (χ2v) is 3.36. The van der Waals surface area contributed by atoms with E-state index in [1.807, 2.05) is 6.92 Å². The van der Waals surface area contributed by atoms with Gasteiger partial charge in [0, 0.05) is 0 Å². The predicted octanol–water partition coefficient (Wildman–Crippen LogP) is 2.34. The maximum absolute atomic E-state index is 13.1. The molecule has 0 saturated heterocycles. The molecule has 1 nitrogen and oxygen atoms in total. The summed E-state index contributed by atoms with van der Waals surface area (Å²) in [5.74, 6) is 4.91. The van der Waals surface area contributed by atoms with Crippen LogP contribution in [0.15, 0.2) is 24.3 Å². The van der Waals surface area contributed by atoms with E-state index in [0.29, 0.717) is 12.0 Å². The van der Waals surface area contributed by atoms with E-state index >= 15 is 0 Å². The molecule has 1 aromatic carbocycles. The molecule has 1 N–H and O–H groups in total. The van der Waals surface area contributed by atoms with Gasteiger partial charge in [0.15, 0.2) is 0 Å². The van der Waals surface area contributed by atoms with E-state index in [0.717, 1.165) is 0 Å². The number of hydrogen-bond donors (Lipinski definition) is 1. The van der Waals surface area contributed by atoms with E-state index in [4.69, 9.17) is 0 Å². The van der Waals surface area contributed by atoms with Crippen molar-refractivity contribution in [2.75, 3.05) is 0 Å². The van der Waals surface area contributed by atoms with Crippen LogP contribution >= 0.6 is 0 Å². The van der Waals surface area contributed by atoms with Crippen LogP contribution in [0, 0.1) is 17.7 Å². The maximum atomic E-state index is 13.1. The lowest BCUT2D eigenvalue weighted by Gasteiger charge is -2.11. The molecule has 0 spiro atoms. The molecule has 0 aliphatic carbocycles. The normalized spacial score (nSPS) is 14.0. The molecule has 0 heterocycles. The van der Waals surface area contributed by atoms with Gasteiger partial charge in [0.1, 0.15) is 11.4 Å². The monoisotopic (exact) mass is 192 g/mol. The van der Waals surface area contributed by atoms with Crippen LogP contribution in [-0.4, -0.2) is 10.7 Å². The fourth-order valence-corrected chi connectivity index (χ4v) is 0.853. The molecule has 1 atom stereocenters. The first-order valence-electron chi connectivity index (χ1n) is 4.55. The highest BCUT2D eigenvalue weighted by Gasteiger charge is 2.12. The molecule has 0 bridgehead atoms. The van der Waals surface area contributed by atoms with Crippen molar-refractivity contribution in [3.05, 3.63) is 35.6 Å². The number of benzene rings is 1. The van der Waals surface area contributed by atoms with Gasteiger partial charge in [-0.05, 0) is 25.5 Å². The molecular weight excluding hydrogens is 179 g/mol. The lowest BCUT2D eigenvalue weighted by Crippen LogP contribution is -2.19. The van der Waals surface area contributed by atoms with Gasteiger partial charge in [0.2, 0.25) is 0 Å². The highest BCUT2D eigenvalue weighted by molar-refractivity contribution is 5.36. The predicted molar refractivity (Wildman–Crippen MR) is 54.2 cm³/mol. The first-order valence-corrected chi connectivity index (χ1v) is 4.55. The van der Waals surface area contributed by atoms with Gasteiger partial charge < -0.3 is 5.11 Å². The van der Waals surface area contributed by atoms with Gasteiger partial charge in [0.05, 0.1) is 5.56 Å². The van der Waals surface area contributed by atoms with Crippen LogP contribution in [0.25, 0.3) is 0 Å². The summed E-state index contributed by atoms with van der Waals surface area (Å²) in [6.45, 7) is 3.44. The Morgan fingerprint density at radius 2 is 2.07 bits per heavy atom. The minimum atomic E-state index is -1.04. The SMILES string of the molecule is CCC(C)(O)C#Cc1ccccc1F. The van der Waals surface area contributed by atoms with Crippen LogP contribution in [0.4, 0.5) is 4.39 Å². The zero-order valence-electron chi connectivity index (χ0n) is 8.34. The van der Waals surface area contributed by atoms with Gasteiger partial charge in [-0.25, -0.2) is 4.39 Å². The number of aliphatic hydroxyl groups is 1. The topological polar surface area (TPSA) is 20.2 Å². The van der Waals surface area contributed by atoms with Crippen LogP contribution in [0.3, 0.4) is 0 Å². The lowest BCUT2D eigenvalue weighted by molar-refractivity contribution is 0.118. The minimum absolute atomic E-state index is 0.321. The minimum Gasteiger partial charge on any atom is -0.378 e. The van der Waals surface area contributed by atoms with Crippen molar-refractivity contribution in [2.24, 2.45) is 0 Å². The molecule has 1 aromatic rings. The van der Waals surface area contributed by atoms with E-state index in [-0.39, 0.29) is 5.82 Å². The van der Waals surface area contributed by atoms with Gasteiger partial charge in [-0.15, -0.1) is 0 Å². The van der Waals surface area contributed by atoms with Gasteiger partial charge in [-0.1, -0.05) is 30.9 Å². The summed E-state index contributed by atoms with van der Waals surface area (Å²) in [6, 6.07) is 6.27. The second-order valence-electron chi connectivity index (χ2n) is 3.36. The van der Waals surface area contributed by atoms with E-state index in [2.05, 4.69) is 11.8 Å². The van der Waals surface area contributed by atoms with Crippen LogP contribution < -0.4 is 0 Å². The highest BCUT2D eigenvalue weighted by Crippen LogP contribution is 2.08. The Balaban J connectivity index is 2.94. The van der Waals surface area contributed by atoms with E-state index in [1.54, 1.807) is 25.1 Å². The molecule has 14 heavy (non-hydrogen) atoms. The highest BCUT2D eigenvalue weighted by atomic mass is 19.1. The fraction of sp³-hybridized carbons (Fsp3) is 0.333. The van der Waals surface area contributed by atoms with E-state index in [1.165, 1.54) is 6.07 Å². The Hall–Kier alpha value is -1.33. The molecular formula is C12H13FO. The van der Waals surface area contributed by atoms with Crippen LogP contribution in [0.1, 0.15) is 25.8 Å². The zero-order chi connectivity index (χ0) is 10.6. The lowest BCUT2D eigenvalue weighted by atomic mass is 10.0. The van der Waals surface area contributed by atoms with Crippen LogP contribution in [-0.2, 0) is 0 Å². The molecule has 74 valence electrons. The summed E-state index contributed by atoms with van der Waals surface area (Å²) in [7, 11) is 0. The van der Waals surface area contributed by atoms with Gasteiger partial charge in [-0.2, -0.15) is 0 Å². The number of hydrogen-bond acceptors (Lipinski definition) is 1. The first kappa shape index (κ1) is 10.7.